The zero-order chi connectivity index (χ0) is 13.1. The van der Waals surface area contributed by atoms with E-state index in [1.165, 1.54) is 63.6 Å². The van der Waals surface area contributed by atoms with Crippen LogP contribution in [0.5, 0.6) is 0 Å². The molecule has 104 valence electrons. The largest absolute Gasteiger partial charge is 0.296 e. The van der Waals surface area contributed by atoms with Crippen molar-refractivity contribution in [3.8, 4) is 0 Å². The number of likely N-dealkylation sites (tertiary alicyclic amines) is 1. The summed E-state index contributed by atoms with van der Waals surface area (Å²) in [5.41, 5.74) is 4.75. The van der Waals surface area contributed by atoms with Crippen molar-refractivity contribution in [2.24, 2.45) is 0 Å². The Morgan fingerprint density at radius 1 is 1.16 bits per heavy atom. The van der Waals surface area contributed by atoms with E-state index >= 15 is 0 Å². The second kappa shape index (κ2) is 6.41. The highest BCUT2D eigenvalue weighted by Gasteiger charge is 2.24. The fraction of sp³-hybridized carbons (Fsp3) is 0.647. The molecule has 1 aromatic carbocycles. The lowest BCUT2D eigenvalue weighted by atomic mass is 10.1. The standard InChI is InChI=1S/C17H24BrN/c18-10-2-6-17-7-3-11-19(17)13-14-8-9-15-4-1-5-16(15)12-14/h8-9,12,17H,1-7,10-11,13H2. The van der Waals surface area contributed by atoms with E-state index in [2.05, 4.69) is 39.0 Å². The van der Waals surface area contributed by atoms with Gasteiger partial charge < -0.3 is 0 Å². The van der Waals surface area contributed by atoms with Gasteiger partial charge in [0.25, 0.3) is 0 Å². The summed E-state index contributed by atoms with van der Waals surface area (Å²) in [6.07, 6.45) is 9.41. The molecule has 2 aliphatic rings. The van der Waals surface area contributed by atoms with Crippen molar-refractivity contribution < 1.29 is 0 Å². The monoisotopic (exact) mass is 321 g/mol. The predicted molar refractivity (Wildman–Crippen MR) is 84.9 cm³/mol. The lowest BCUT2D eigenvalue weighted by molar-refractivity contribution is 0.234. The number of alkyl halides is 1. The van der Waals surface area contributed by atoms with Crippen molar-refractivity contribution >= 4 is 15.9 Å². The Morgan fingerprint density at radius 2 is 2.05 bits per heavy atom. The van der Waals surface area contributed by atoms with Crippen molar-refractivity contribution in [3.05, 3.63) is 34.9 Å². The molecule has 1 nitrogen and oxygen atoms in total. The Hall–Kier alpha value is -0.340. The number of fused-ring (bicyclic) bond motifs is 1. The van der Waals surface area contributed by atoms with Crippen LogP contribution in [0.25, 0.3) is 0 Å². The number of nitrogens with zero attached hydrogens (tertiary/aromatic N) is 1. The topological polar surface area (TPSA) is 3.24 Å². The fourth-order valence-corrected chi connectivity index (χ4v) is 4.02. The van der Waals surface area contributed by atoms with Gasteiger partial charge in [0, 0.05) is 17.9 Å². The number of hydrogen-bond acceptors (Lipinski definition) is 1. The third-order valence-electron chi connectivity index (χ3n) is 4.72. The summed E-state index contributed by atoms with van der Waals surface area (Å²) >= 11 is 3.56. The third-order valence-corrected chi connectivity index (χ3v) is 5.28. The van der Waals surface area contributed by atoms with E-state index in [0.29, 0.717) is 0 Å². The maximum atomic E-state index is 3.56. The molecule has 1 heterocycles. The first-order valence-corrected chi connectivity index (χ1v) is 8.89. The van der Waals surface area contributed by atoms with Gasteiger partial charge in [-0.05, 0) is 68.2 Å². The molecule has 1 fully saturated rings. The highest BCUT2D eigenvalue weighted by Crippen LogP contribution is 2.27. The molecule has 1 aliphatic heterocycles. The molecule has 1 unspecified atom stereocenters. The van der Waals surface area contributed by atoms with Gasteiger partial charge in [0.1, 0.15) is 0 Å². The van der Waals surface area contributed by atoms with E-state index < -0.39 is 0 Å². The summed E-state index contributed by atoms with van der Waals surface area (Å²) in [5, 5.41) is 1.15. The summed E-state index contributed by atoms with van der Waals surface area (Å²) in [5.74, 6) is 0. The number of hydrogen-bond donors (Lipinski definition) is 0. The quantitative estimate of drug-likeness (QED) is 0.730. The van der Waals surface area contributed by atoms with Crippen molar-refractivity contribution in [2.75, 3.05) is 11.9 Å². The van der Waals surface area contributed by atoms with Gasteiger partial charge in [-0.15, -0.1) is 0 Å². The summed E-state index contributed by atoms with van der Waals surface area (Å²) in [7, 11) is 0. The Balaban J connectivity index is 1.64. The molecule has 0 radical (unpaired) electrons. The Bertz CT molecular complexity index is 429. The Kier molecular flexibility index (Phi) is 4.60. The van der Waals surface area contributed by atoms with Gasteiger partial charge in [0.15, 0.2) is 0 Å². The van der Waals surface area contributed by atoms with Gasteiger partial charge in [-0.3, -0.25) is 4.90 Å². The van der Waals surface area contributed by atoms with Gasteiger partial charge in [-0.2, -0.15) is 0 Å². The van der Waals surface area contributed by atoms with E-state index in [4.69, 9.17) is 0 Å². The third kappa shape index (κ3) is 3.22. The maximum Gasteiger partial charge on any atom is 0.0236 e. The normalized spacial score (nSPS) is 22.9. The fourth-order valence-electron chi connectivity index (χ4n) is 3.70. The molecule has 1 atom stereocenters. The van der Waals surface area contributed by atoms with Gasteiger partial charge in [-0.25, -0.2) is 0 Å². The van der Waals surface area contributed by atoms with E-state index in [-0.39, 0.29) is 0 Å². The second-order valence-corrected chi connectivity index (χ2v) is 6.85. The highest BCUT2D eigenvalue weighted by molar-refractivity contribution is 9.09. The number of aryl methyl sites for hydroxylation is 2. The van der Waals surface area contributed by atoms with Gasteiger partial charge >= 0.3 is 0 Å². The summed E-state index contributed by atoms with van der Waals surface area (Å²) < 4.78 is 0. The minimum atomic E-state index is 0.825. The van der Waals surface area contributed by atoms with Crippen molar-refractivity contribution in [2.45, 2.75) is 57.5 Å². The lowest BCUT2D eigenvalue weighted by Crippen LogP contribution is -2.28. The van der Waals surface area contributed by atoms with Crippen molar-refractivity contribution in [1.82, 2.24) is 4.90 Å². The number of rotatable bonds is 5. The van der Waals surface area contributed by atoms with E-state index in [0.717, 1.165) is 11.4 Å². The van der Waals surface area contributed by atoms with E-state index in [1.54, 1.807) is 11.1 Å². The molecule has 0 amide bonds. The average Bonchev–Trinajstić information content (AvgIpc) is 3.05. The van der Waals surface area contributed by atoms with Gasteiger partial charge in [-0.1, -0.05) is 34.1 Å². The number of benzene rings is 1. The average molecular weight is 322 g/mol. The molecule has 0 bridgehead atoms. The predicted octanol–water partition coefficient (Wildman–Crippen LogP) is 4.31. The molecule has 0 saturated carbocycles. The summed E-state index contributed by atoms with van der Waals surface area (Å²) in [4.78, 5) is 2.71. The zero-order valence-corrected chi connectivity index (χ0v) is 13.3. The molecule has 3 rings (SSSR count). The van der Waals surface area contributed by atoms with E-state index in [9.17, 15) is 0 Å². The first-order valence-electron chi connectivity index (χ1n) is 7.77. The summed E-state index contributed by atoms with van der Waals surface area (Å²) in [6.45, 7) is 2.46. The molecule has 1 saturated heterocycles. The molecule has 2 heteroatoms. The smallest absolute Gasteiger partial charge is 0.0236 e. The molecule has 0 N–H and O–H groups in total. The van der Waals surface area contributed by atoms with Crippen LogP contribution in [0.15, 0.2) is 18.2 Å². The van der Waals surface area contributed by atoms with Crippen LogP contribution in [0.3, 0.4) is 0 Å². The SMILES string of the molecule is BrCCCC1CCCN1Cc1ccc2c(c1)CCC2. The Labute approximate surface area is 125 Å². The van der Waals surface area contributed by atoms with Crippen molar-refractivity contribution in [1.29, 1.82) is 0 Å². The maximum absolute atomic E-state index is 3.56. The molecule has 1 aromatic rings. The lowest BCUT2D eigenvalue weighted by Gasteiger charge is -2.24. The van der Waals surface area contributed by atoms with Crippen LogP contribution in [0.2, 0.25) is 0 Å². The van der Waals surface area contributed by atoms with Crippen LogP contribution in [-0.2, 0) is 19.4 Å². The second-order valence-electron chi connectivity index (χ2n) is 6.05. The summed E-state index contributed by atoms with van der Waals surface area (Å²) in [6, 6.07) is 8.04. The van der Waals surface area contributed by atoms with Crippen LogP contribution in [0.1, 0.15) is 48.8 Å². The number of halogens is 1. The van der Waals surface area contributed by atoms with Crippen LogP contribution < -0.4 is 0 Å². The Morgan fingerprint density at radius 3 is 2.95 bits per heavy atom. The molecule has 1 aliphatic carbocycles. The zero-order valence-electron chi connectivity index (χ0n) is 11.7. The van der Waals surface area contributed by atoms with Crippen LogP contribution in [0.4, 0.5) is 0 Å². The van der Waals surface area contributed by atoms with Crippen LogP contribution in [-0.4, -0.2) is 22.8 Å². The molecular weight excluding hydrogens is 298 g/mol. The first kappa shape index (κ1) is 13.6. The molecule has 0 aromatic heterocycles. The molecule has 0 spiro atoms. The van der Waals surface area contributed by atoms with Crippen LogP contribution >= 0.6 is 15.9 Å². The minimum absolute atomic E-state index is 0.825. The van der Waals surface area contributed by atoms with Crippen molar-refractivity contribution in [3.63, 3.8) is 0 Å². The first-order chi connectivity index (χ1) is 9.36. The van der Waals surface area contributed by atoms with Gasteiger partial charge in [0.2, 0.25) is 0 Å². The highest BCUT2D eigenvalue weighted by atomic mass is 79.9. The minimum Gasteiger partial charge on any atom is -0.296 e. The van der Waals surface area contributed by atoms with Gasteiger partial charge in [0.05, 0.1) is 0 Å². The molecule has 19 heavy (non-hydrogen) atoms. The molecular formula is C17H24BrN. The van der Waals surface area contributed by atoms with Crippen LogP contribution in [0, 0.1) is 0 Å². The van der Waals surface area contributed by atoms with E-state index in [1.807, 2.05) is 0 Å².